The van der Waals surface area contributed by atoms with Gasteiger partial charge in [0.25, 0.3) is 5.91 Å². The number of rotatable bonds is 3. The van der Waals surface area contributed by atoms with E-state index in [2.05, 4.69) is 22.4 Å². The Kier molecular flexibility index (Phi) is 3.50. The Bertz CT molecular complexity index is 704. The largest absolute Gasteiger partial charge is 0.477 e. The smallest absolute Gasteiger partial charge is 0.353 e. The molecule has 2 heterocycles. The topological polar surface area (TPSA) is 95.1 Å². The van der Waals surface area contributed by atoms with Crippen molar-refractivity contribution in [1.29, 1.82) is 0 Å². The molecule has 7 heteroatoms. The van der Waals surface area contributed by atoms with Gasteiger partial charge in [-0.1, -0.05) is 6.92 Å². The minimum Gasteiger partial charge on any atom is -0.477 e. The van der Waals surface area contributed by atoms with Crippen LogP contribution in [0.1, 0.15) is 44.6 Å². The maximum Gasteiger partial charge on any atom is 0.353 e. The molecule has 0 radical (unpaired) electrons. The standard InChI is InChI=1S/C14H15N3O3S/c1-7-2-3-8-9(6-21-11(8)4-7)13(18)15-12-5-10(14(19)20)16-17-12/h5-7H,2-4H2,1H3,(H,19,20)(H2,15,16,17,18). The van der Waals surface area contributed by atoms with Gasteiger partial charge in [0.1, 0.15) is 5.69 Å². The van der Waals surface area contributed by atoms with Crippen LogP contribution in [-0.2, 0) is 12.8 Å². The van der Waals surface area contributed by atoms with Crippen LogP contribution in [-0.4, -0.2) is 27.2 Å². The quantitative estimate of drug-likeness (QED) is 0.812. The number of nitrogens with one attached hydrogen (secondary N) is 2. The molecule has 1 aliphatic carbocycles. The van der Waals surface area contributed by atoms with Crippen molar-refractivity contribution in [2.75, 3.05) is 5.32 Å². The number of aromatic nitrogens is 2. The molecule has 3 rings (SSSR count). The van der Waals surface area contributed by atoms with Gasteiger partial charge < -0.3 is 10.4 Å². The first-order chi connectivity index (χ1) is 10.0. The lowest BCUT2D eigenvalue weighted by molar-refractivity contribution is 0.0690. The lowest BCUT2D eigenvalue weighted by Crippen LogP contribution is -2.16. The number of aromatic carboxylic acids is 1. The number of nitrogens with zero attached hydrogens (tertiary/aromatic N) is 1. The van der Waals surface area contributed by atoms with Crippen LogP contribution in [0.3, 0.4) is 0 Å². The third kappa shape index (κ3) is 2.69. The Hall–Kier alpha value is -2.15. The molecule has 0 saturated carbocycles. The average Bonchev–Trinajstić information content (AvgIpc) is 3.04. The number of hydrogen-bond acceptors (Lipinski definition) is 4. The molecule has 1 atom stereocenters. The number of anilines is 1. The highest BCUT2D eigenvalue weighted by Gasteiger charge is 2.23. The number of amides is 1. The molecule has 1 unspecified atom stereocenters. The van der Waals surface area contributed by atoms with Gasteiger partial charge in [0.05, 0.1) is 5.56 Å². The van der Waals surface area contributed by atoms with E-state index in [1.165, 1.54) is 10.9 Å². The number of carboxylic acids is 1. The van der Waals surface area contributed by atoms with Gasteiger partial charge in [-0.2, -0.15) is 5.10 Å². The SMILES string of the molecule is CC1CCc2c(C(=O)Nc3cc(C(=O)O)[nH]n3)csc2C1. The first-order valence-corrected chi connectivity index (χ1v) is 7.62. The number of thiophene rings is 1. The molecule has 2 aromatic rings. The Morgan fingerprint density at radius 1 is 1.52 bits per heavy atom. The zero-order chi connectivity index (χ0) is 15.0. The molecular formula is C14H15N3O3S. The zero-order valence-corrected chi connectivity index (χ0v) is 12.3. The van der Waals surface area contributed by atoms with Crippen molar-refractivity contribution in [3.8, 4) is 0 Å². The summed E-state index contributed by atoms with van der Waals surface area (Å²) in [4.78, 5) is 24.4. The van der Waals surface area contributed by atoms with Gasteiger partial charge in [-0.05, 0) is 30.7 Å². The molecule has 0 saturated heterocycles. The third-order valence-electron chi connectivity index (χ3n) is 3.70. The molecule has 1 aliphatic rings. The highest BCUT2D eigenvalue weighted by molar-refractivity contribution is 7.10. The Morgan fingerprint density at radius 2 is 2.33 bits per heavy atom. The zero-order valence-electron chi connectivity index (χ0n) is 11.5. The highest BCUT2D eigenvalue weighted by atomic mass is 32.1. The number of carbonyl (C=O) groups is 2. The summed E-state index contributed by atoms with van der Waals surface area (Å²) in [7, 11) is 0. The number of aromatic amines is 1. The van der Waals surface area contributed by atoms with Crippen molar-refractivity contribution in [1.82, 2.24) is 10.2 Å². The summed E-state index contributed by atoms with van der Waals surface area (Å²) < 4.78 is 0. The van der Waals surface area contributed by atoms with E-state index in [1.54, 1.807) is 11.3 Å². The van der Waals surface area contributed by atoms with Crippen molar-refractivity contribution < 1.29 is 14.7 Å². The maximum absolute atomic E-state index is 12.3. The van der Waals surface area contributed by atoms with Crippen LogP contribution in [0.2, 0.25) is 0 Å². The molecule has 2 aromatic heterocycles. The first kappa shape index (κ1) is 13.8. The number of fused-ring (bicyclic) bond motifs is 1. The molecule has 3 N–H and O–H groups in total. The van der Waals surface area contributed by atoms with Crippen LogP contribution in [0.25, 0.3) is 0 Å². The Balaban J connectivity index is 1.78. The molecule has 0 fully saturated rings. The van der Waals surface area contributed by atoms with Crippen LogP contribution < -0.4 is 5.32 Å². The van der Waals surface area contributed by atoms with Gasteiger partial charge in [-0.15, -0.1) is 11.3 Å². The molecule has 0 aliphatic heterocycles. The van der Waals surface area contributed by atoms with Gasteiger partial charge in [-0.25, -0.2) is 4.79 Å². The van der Waals surface area contributed by atoms with Crippen molar-refractivity contribution >= 4 is 29.0 Å². The van der Waals surface area contributed by atoms with E-state index in [4.69, 9.17) is 5.11 Å². The molecule has 110 valence electrons. The van der Waals surface area contributed by atoms with E-state index in [1.807, 2.05) is 5.38 Å². The summed E-state index contributed by atoms with van der Waals surface area (Å²) in [6.07, 6.45) is 3.04. The molecule has 0 bridgehead atoms. The monoisotopic (exact) mass is 305 g/mol. The van der Waals surface area contributed by atoms with Crippen molar-refractivity contribution in [3.63, 3.8) is 0 Å². The lowest BCUT2D eigenvalue weighted by atomic mass is 9.88. The summed E-state index contributed by atoms with van der Waals surface area (Å²) >= 11 is 1.62. The van der Waals surface area contributed by atoms with E-state index in [0.717, 1.165) is 24.8 Å². The van der Waals surface area contributed by atoms with Gasteiger partial charge in [0, 0.05) is 16.3 Å². The fraction of sp³-hybridized carbons (Fsp3) is 0.357. The number of carboxylic acid groups (broad SMARTS) is 1. The van der Waals surface area contributed by atoms with Crippen molar-refractivity contribution in [2.45, 2.75) is 26.2 Å². The summed E-state index contributed by atoms with van der Waals surface area (Å²) in [6, 6.07) is 1.31. The van der Waals surface area contributed by atoms with Gasteiger partial charge in [0.15, 0.2) is 5.82 Å². The third-order valence-corrected chi connectivity index (χ3v) is 4.75. The highest BCUT2D eigenvalue weighted by Crippen LogP contribution is 2.33. The second-order valence-corrected chi connectivity index (χ2v) is 6.29. The minimum absolute atomic E-state index is 0.0496. The molecule has 21 heavy (non-hydrogen) atoms. The number of hydrogen-bond donors (Lipinski definition) is 3. The second-order valence-electron chi connectivity index (χ2n) is 5.33. The van der Waals surface area contributed by atoms with E-state index in [9.17, 15) is 9.59 Å². The Morgan fingerprint density at radius 3 is 3.05 bits per heavy atom. The van der Waals surface area contributed by atoms with Crippen LogP contribution in [0.5, 0.6) is 0 Å². The maximum atomic E-state index is 12.3. The number of H-pyrrole nitrogens is 1. The predicted octanol–water partition coefficient (Wildman–Crippen LogP) is 2.55. The van der Waals surface area contributed by atoms with E-state index in [-0.39, 0.29) is 17.4 Å². The average molecular weight is 305 g/mol. The number of carbonyl (C=O) groups excluding carboxylic acids is 1. The summed E-state index contributed by atoms with van der Waals surface area (Å²) in [5.41, 5.74) is 1.76. The second kappa shape index (κ2) is 5.33. The van der Waals surface area contributed by atoms with E-state index in [0.29, 0.717) is 11.5 Å². The van der Waals surface area contributed by atoms with E-state index >= 15 is 0 Å². The molecule has 6 nitrogen and oxygen atoms in total. The van der Waals surface area contributed by atoms with E-state index < -0.39 is 5.97 Å². The van der Waals surface area contributed by atoms with Gasteiger partial charge in [-0.3, -0.25) is 9.89 Å². The minimum atomic E-state index is -1.11. The summed E-state index contributed by atoms with van der Waals surface area (Å²) in [5.74, 6) is -0.451. The molecule has 0 aromatic carbocycles. The van der Waals surface area contributed by atoms with Gasteiger partial charge in [0.2, 0.25) is 0 Å². The normalized spacial score (nSPS) is 17.3. The van der Waals surface area contributed by atoms with Crippen LogP contribution in [0.4, 0.5) is 5.82 Å². The van der Waals surface area contributed by atoms with Crippen molar-refractivity contribution in [3.05, 3.63) is 33.1 Å². The Labute approximate surface area is 125 Å². The fourth-order valence-electron chi connectivity index (χ4n) is 2.55. The predicted molar refractivity (Wildman–Crippen MR) is 79.0 cm³/mol. The summed E-state index contributed by atoms with van der Waals surface area (Å²) in [5, 5.41) is 19.5. The van der Waals surface area contributed by atoms with Crippen molar-refractivity contribution in [2.24, 2.45) is 5.92 Å². The summed E-state index contributed by atoms with van der Waals surface area (Å²) in [6.45, 7) is 2.22. The first-order valence-electron chi connectivity index (χ1n) is 6.74. The lowest BCUT2D eigenvalue weighted by Gasteiger charge is -2.18. The van der Waals surface area contributed by atoms with Crippen LogP contribution in [0, 0.1) is 5.92 Å². The molecular weight excluding hydrogens is 290 g/mol. The fourth-order valence-corrected chi connectivity index (χ4v) is 3.79. The van der Waals surface area contributed by atoms with Crippen LogP contribution >= 0.6 is 11.3 Å². The van der Waals surface area contributed by atoms with Crippen LogP contribution in [0.15, 0.2) is 11.4 Å². The molecule has 1 amide bonds. The van der Waals surface area contributed by atoms with Gasteiger partial charge >= 0.3 is 5.97 Å². The molecule has 0 spiro atoms.